The minimum absolute atomic E-state index is 0.0135. The predicted molar refractivity (Wildman–Crippen MR) is 150 cm³/mol. The van der Waals surface area contributed by atoms with Gasteiger partial charge in [-0.2, -0.15) is 0 Å². The highest BCUT2D eigenvalue weighted by Gasteiger charge is 2.47. The lowest BCUT2D eigenvalue weighted by molar-refractivity contribution is -0.123. The SMILES string of the molecule is CC(C)Oc1cc(C2N[C@@H](c3ccc(Cl)cc3)[C@@H](c3ccc(Cl)cc3)N2C(=O)N2CCNC(=O)C2)ccc1O. The van der Waals surface area contributed by atoms with Crippen LogP contribution >= 0.6 is 23.2 Å². The number of amides is 3. The average molecular weight is 569 g/mol. The van der Waals surface area contributed by atoms with Gasteiger partial charge in [0.25, 0.3) is 0 Å². The smallest absolute Gasteiger partial charge is 0.322 e. The minimum Gasteiger partial charge on any atom is -0.504 e. The zero-order valence-corrected chi connectivity index (χ0v) is 23.1. The molecule has 0 bridgehead atoms. The molecule has 0 aromatic heterocycles. The van der Waals surface area contributed by atoms with Crippen LogP contribution in [0.2, 0.25) is 10.0 Å². The lowest BCUT2D eigenvalue weighted by Gasteiger charge is -2.37. The first-order chi connectivity index (χ1) is 18.7. The Hall–Kier alpha value is -3.46. The van der Waals surface area contributed by atoms with E-state index < -0.39 is 12.2 Å². The summed E-state index contributed by atoms with van der Waals surface area (Å²) in [4.78, 5) is 29.8. The molecule has 2 aliphatic heterocycles. The number of carbonyl (C=O) groups excluding carboxylic acids is 2. The van der Waals surface area contributed by atoms with Gasteiger partial charge >= 0.3 is 6.03 Å². The van der Waals surface area contributed by atoms with Crippen LogP contribution < -0.4 is 15.4 Å². The maximum absolute atomic E-state index is 14.2. The zero-order valence-electron chi connectivity index (χ0n) is 21.6. The number of nitrogens with one attached hydrogen (secondary N) is 2. The molecule has 3 atom stereocenters. The number of phenolic OH excluding ortho intramolecular Hbond substituents is 1. The molecule has 0 aliphatic carbocycles. The lowest BCUT2D eigenvalue weighted by Crippen LogP contribution is -2.54. The van der Waals surface area contributed by atoms with E-state index in [1.165, 1.54) is 0 Å². The Kier molecular flexibility index (Phi) is 7.88. The summed E-state index contributed by atoms with van der Waals surface area (Å²) in [6.45, 7) is 4.51. The first-order valence-corrected chi connectivity index (χ1v) is 13.6. The number of urea groups is 1. The Balaban J connectivity index is 1.64. The van der Waals surface area contributed by atoms with Crippen LogP contribution in [-0.2, 0) is 4.79 Å². The van der Waals surface area contributed by atoms with Gasteiger partial charge in [-0.1, -0.05) is 53.5 Å². The van der Waals surface area contributed by atoms with Crippen molar-refractivity contribution >= 4 is 35.1 Å². The van der Waals surface area contributed by atoms with Crippen molar-refractivity contribution in [3.63, 3.8) is 0 Å². The van der Waals surface area contributed by atoms with Gasteiger partial charge in [-0.05, 0) is 66.9 Å². The second kappa shape index (κ2) is 11.3. The molecule has 5 rings (SSSR count). The van der Waals surface area contributed by atoms with Crippen LogP contribution in [0, 0.1) is 0 Å². The lowest BCUT2D eigenvalue weighted by atomic mass is 9.94. The van der Waals surface area contributed by atoms with Crippen LogP contribution in [0.15, 0.2) is 66.7 Å². The highest BCUT2D eigenvalue weighted by atomic mass is 35.5. The van der Waals surface area contributed by atoms with Gasteiger partial charge in [0.2, 0.25) is 5.91 Å². The van der Waals surface area contributed by atoms with E-state index in [1.54, 1.807) is 40.1 Å². The molecule has 3 amide bonds. The number of carbonyl (C=O) groups is 2. The molecule has 0 radical (unpaired) electrons. The first kappa shape index (κ1) is 27.1. The van der Waals surface area contributed by atoms with Crippen molar-refractivity contribution in [2.75, 3.05) is 19.6 Å². The predicted octanol–water partition coefficient (Wildman–Crippen LogP) is 5.42. The minimum atomic E-state index is -0.598. The second-order valence-corrected chi connectivity index (χ2v) is 10.8. The average Bonchev–Trinajstić information content (AvgIpc) is 3.30. The van der Waals surface area contributed by atoms with Crippen LogP contribution in [0.4, 0.5) is 4.79 Å². The van der Waals surface area contributed by atoms with Crippen LogP contribution in [0.25, 0.3) is 0 Å². The number of halogens is 2. The molecule has 3 aromatic carbocycles. The second-order valence-electron chi connectivity index (χ2n) is 9.95. The summed E-state index contributed by atoms with van der Waals surface area (Å²) in [7, 11) is 0. The van der Waals surface area contributed by atoms with Crippen molar-refractivity contribution in [1.29, 1.82) is 0 Å². The van der Waals surface area contributed by atoms with Crippen LogP contribution in [-0.4, -0.2) is 52.6 Å². The molecule has 1 unspecified atom stereocenters. The summed E-state index contributed by atoms with van der Waals surface area (Å²) in [5, 5.41) is 18.1. The number of rotatable bonds is 5. The number of phenols is 1. The molecular formula is C29H30Cl2N4O4. The van der Waals surface area contributed by atoms with Crippen molar-refractivity contribution < 1.29 is 19.4 Å². The Morgan fingerprint density at radius 3 is 2.21 bits per heavy atom. The maximum Gasteiger partial charge on any atom is 0.322 e. The molecule has 3 aromatic rings. The summed E-state index contributed by atoms with van der Waals surface area (Å²) >= 11 is 12.4. The van der Waals surface area contributed by atoms with Gasteiger partial charge in [-0.15, -0.1) is 0 Å². The summed E-state index contributed by atoms with van der Waals surface area (Å²) in [5.41, 5.74) is 2.55. The van der Waals surface area contributed by atoms with Gasteiger partial charge in [-0.3, -0.25) is 15.0 Å². The monoisotopic (exact) mass is 568 g/mol. The van der Waals surface area contributed by atoms with Crippen molar-refractivity contribution in [3.8, 4) is 11.5 Å². The number of hydrogen-bond acceptors (Lipinski definition) is 5. The summed E-state index contributed by atoms with van der Waals surface area (Å²) in [6, 6.07) is 19.0. The fourth-order valence-corrected chi connectivity index (χ4v) is 5.38. The van der Waals surface area contributed by atoms with Crippen LogP contribution in [0.1, 0.15) is 48.8 Å². The molecule has 2 heterocycles. The fourth-order valence-electron chi connectivity index (χ4n) is 5.12. The molecule has 0 spiro atoms. The number of benzene rings is 3. The number of piperazine rings is 1. The number of nitrogens with zero attached hydrogens (tertiary/aromatic N) is 2. The van der Waals surface area contributed by atoms with E-state index in [1.807, 2.05) is 50.2 Å². The van der Waals surface area contributed by atoms with Crippen molar-refractivity contribution in [1.82, 2.24) is 20.4 Å². The van der Waals surface area contributed by atoms with Gasteiger partial charge in [0.1, 0.15) is 12.7 Å². The van der Waals surface area contributed by atoms with E-state index in [0.717, 1.165) is 16.7 Å². The van der Waals surface area contributed by atoms with E-state index in [0.29, 0.717) is 28.9 Å². The van der Waals surface area contributed by atoms with Crippen LogP contribution in [0.3, 0.4) is 0 Å². The standard InChI is InChI=1S/C29H30Cl2N4O4/c1-17(2)39-24-15-20(7-12-23(24)36)28-33-26(18-3-8-21(30)9-4-18)27(19-5-10-22(31)11-6-19)35(28)29(38)34-14-13-32-25(37)16-34/h3-12,15,17,26-28,33,36H,13-14,16H2,1-2H3,(H,32,37)/t26-,27+,28?/m0/s1. The quantitative estimate of drug-likeness (QED) is 0.382. The molecular weight excluding hydrogens is 539 g/mol. The third-order valence-corrected chi connectivity index (χ3v) is 7.37. The summed E-state index contributed by atoms with van der Waals surface area (Å²) < 4.78 is 5.85. The molecule has 2 saturated heterocycles. The Bertz CT molecular complexity index is 1350. The normalized spacial score (nSPS) is 21.3. The number of ether oxygens (including phenoxy) is 1. The van der Waals surface area contributed by atoms with Crippen molar-refractivity contribution in [2.24, 2.45) is 0 Å². The van der Waals surface area contributed by atoms with E-state index in [2.05, 4.69) is 10.6 Å². The topological polar surface area (TPSA) is 94.1 Å². The number of hydrogen-bond donors (Lipinski definition) is 3. The van der Waals surface area contributed by atoms with Crippen LogP contribution in [0.5, 0.6) is 11.5 Å². The molecule has 0 saturated carbocycles. The van der Waals surface area contributed by atoms with Gasteiger partial charge in [-0.25, -0.2) is 4.79 Å². The summed E-state index contributed by atoms with van der Waals surface area (Å²) in [6.07, 6.45) is -0.755. The molecule has 2 aliphatic rings. The number of aromatic hydroxyl groups is 1. The maximum atomic E-state index is 14.2. The van der Waals surface area contributed by atoms with Crippen molar-refractivity contribution in [2.45, 2.75) is 38.2 Å². The molecule has 10 heteroatoms. The highest BCUT2D eigenvalue weighted by molar-refractivity contribution is 6.30. The molecule has 3 N–H and O–H groups in total. The van der Waals surface area contributed by atoms with E-state index in [4.69, 9.17) is 27.9 Å². The molecule has 204 valence electrons. The van der Waals surface area contributed by atoms with E-state index in [-0.39, 0.29) is 36.4 Å². The zero-order chi connectivity index (χ0) is 27.7. The highest BCUT2D eigenvalue weighted by Crippen LogP contribution is 2.47. The molecule has 2 fully saturated rings. The van der Waals surface area contributed by atoms with Gasteiger partial charge in [0, 0.05) is 23.1 Å². The van der Waals surface area contributed by atoms with Crippen molar-refractivity contribution in [3.05, 3.63) is 93.5 Å². The third-order valence-electron chi connectivity index (χ3n) is 6.86. The Morgan fingerprint density at radius 1 is 0.974 bits per heavy atom. The Labute approximate surface area is 237 Å². The third kappa shape index (κ3) is 5.78. The molecule has 8 nitrogen and oxygen atoms in total. The molecule has 39 heavy (non-hydrogen) atoms. The summed E-state index contributed by atoms with van der Waals surface area (Å²) in [5.74, 6) is 0.138. The Morgan fingerprint density at radius 2 is 1.59 bits per heavy atom. The first-order valence-electron chi connectivity index (χ1n) is 12.8. The van der Waals surface area contributed by atoms with Gasteiger partial charge in [0.15, 0.2) is 11.5 Å². The van der Waals surface area contributed by atoms with Gasteiger partial charge < -0.3 is 20.1 Å². The largest absolute Gasteiger partial charge is 0.504 e. The van der Waals surface area contributed by atoms with Gasteiger partial charge in [0.05, 0.1) is 18.2 Å². The van der Waals surface area contributed by atoms with E-state index in [9.17, 15) is 14.7 Å². The van der Waals surface area contributed by atoms with E-state index >= 15 is 0 Å². The fraction of sp³-hybridized carbons (Fsp3) is 0.310.